The van der Waals surface area contributed by atoms with Crippen LogP contribution < -0.4 is 6.15 Å². The Kier molecular flexibility index (Phi) is 4.37. The minimum atomic E-state index is 0. The summed E-state index contributed by atoms with van der Waals surface area (Å²) >= 11 is 0. The summed E-state index contributed by atoms with van der Waals surface area (Å²) < 4.78 is 0. The van der Waals surface area contributed by atoms with E-state index in [0.717, 1.165) is 0 Å². The van der Waals surface area contributed by atoms with Crippen LogP contribution in [0.25, 0.3) is 0 Å². The van der Waals surface area contributed by atoms with Crippen LogP contribution in [0.5, 0.6) is 0 Å². The molecular weight excluding hydrogens is 148 g/mol. The molecule has 1 atom stereocenters. The number of allylic oxidation sites excluding steroid dienone is 3. The predicted octanol–water partition coefficient (Wildman–Crippen LogP) is 2.85. The second kappa shape index (κ2) is 4.78. The Morgan fingerprint density at radius 2 is 2.00 bits per heavy atom. The van der Waals surface area contributed by atoms with Gasteiger partial charge >= 0.3 is 0 Å². The maximum absolute atomic E-state index is 2.20. The van der Waals surface area contributed by atoms with Crippen molar-refractivity contribution >= 4 is 0 Å². The minimum Gasteiger partial charge on any atom is -0.348 e. The van der Waals surface area contributed by atoms with Crippen molar-refractivity contribution in [1.82, 2.24) is 11.1 Å². The highest BCUT2D eigenvalue weighted by atomic mass is 15.1. The number of nitrogens with zero attached hydrogens (tertiary/aromatic N) is 1. The van der Waals surface area contributed by atoms with Gasteiger partial charge in [0.25, 0.3) is 0 Å². The van der Waals surface area contributed by atoms with Gasteiger partial charge in [0.15, 0.2) is 0 Å². The Bertz CT molecular complexity index is 210. The van der Waals surface area contributed by atoms with Gasteiger partial charge in [0.05, 0.1) is 0 Å². The first kappa shape index (κ1) is 11.0. The molecular formula is C10H18N2. The monoisotopic (exact) mass is 166 g/mol. The van der Waals surface area contributed by atoms with Crippen LogP contribution in [-0.2, 0) is 0 Å². The van der Waals surface area contributed by atoms with Crippen LogP contribution in [0.1, 0.15) is 20.8 Å². The van der Waals surface area contributed by atoms with Crippen LogP contribution >= 0.6 is 0 Å². The lowest BCUT2D eigenvalue weighted by molar-refractivity contribution is 0.444. The van der Waals surface area contributed by atoms with Gasteiger partial charge in [-0.25, -0.2) is 0 Å². The summed E-state index contributed by atoms with van der Waals surface area (Å²) in [5.74, 6) is 0. The maximum atomic E-state index is 2.20. The molecule has 0 radical (unpaired) electrons. The average Bonchev–Trinajstić information content (AvgIpc) is 1.93. The Hall–Kier alpha value is -1.02. The molecule has 1 heterocycles. The van der Waals surface area contributed by atoms with Gasteiger partial charge in [0, 0.05) is 18.4 Å². The standard InChI is InChI=1S/C10H15N.H3N/c1-9(2)8-11-7-5-4-6-10(11)3;/h4-8,10H,1-3H3;1H3. The lowest BCUT2D eigenvalue weighted by Crippen LogP contribution is -2.22. The molecule has 1 aliphatic rings. The summed E-state index contributed by atoms with van der Waals surface area (Å²) in [7, 11) is 0. The first-order chi connectivity index (χ1) is 5.20. The van der Waals surface area contributed by atoms with Crippen LogP contribution in [0.3, 0.4) is 0 Å². The van der Waals surface area contributed by atoms with E-state index in [9.17, 15) is 0 Å². The van der Waals surface area contributed by atoms with Gasteiger partial charge in [0.2, 0.25) is 0 Å². The zero-order chi connectivity index (χ0) is 8.27. The Morgan fingerprint density at radius 1 is 1.33 bits per heavy atom. The number of hydrogen-bond donors (Lipinski definition) is 1. The second-order valence-electron chi connectivity index (χ2n) is 3.12. The van der Waals surface area contributed by atoms with E-state index in [1.54, 1.807) is 0 Å². The average molecular weight is 166 g/mol. The second-order valence-corrected chi connectivity index (χ2v) is 3.12. The largest absolute Gasteiger partial charge is 0.348 e. The molecule has 0 saturated carbocycles. The van der Waals surface area contributed by atoms with Crippen molar-refractivity contribution in [2.45, 2.75) is 26.8 Å². The first-order valence-corrected chi connectivity index (χ1v) is 3.97. The van der Waals surface area contributed by atoms with Crippen LogP contribution in [-0.4, -0.2) is 10.9 Å². The third-order valence-electron chi connectivity index (χ3n) is 1.64. The minimum absolute atomic E-state index is 0. The Morgan fingerprint density at radius 3 is 2.50 bits per heavy atom. The van der Waals surface area contributed by atoms with Gasteiger partial charge in [-0.05, 0) is 26.8 Å². The molecule has 0 amide bonds. The normalized spacial score (nSPS) is 20.2. The highest BCUT2D eigenvalue weighted by molar-refractivity contribution is 5.15. The summed E-state index contributed by atoms with van der Waals surface area (Å²) in [5, 5.41) is 0. The fourth-order valence-corrected chi connectivity index (χ4v) is 1.07. The first-order valence-electron chi connectivity index (χ1n) is 3.97. The molecule has 2 heteroatoms. The van der Waals surface area contributed by atoms with Crippen molar-refractivity contribution in [3.63, 3.8) is 0 Å². The lowest BCUT2D eigenvalue weighted by Gasteiger charge is -2.23. The number of hydrogen-bond acceptors (Lipinski definition) is 2. The summed E-state index contributed by atoms with van der Waals surface area (Å²) in [4.78, 5) is 2.20. The summed E-state index contributed by atoms with van der Waals surface area (Å²) in [5.41, 5.74) is 1.33. The van der Waals surface area contributed by atoms with Crippen molar-refractivity contribution in [2.24, 2.45) is 0 Å². The van der Waals surface area contributed by atoms with Crippen molar-refractivity contribution in [1.29, 1.82) is 0 Å². The lowest BCUT2D eigenvalue weighted by atomic mass is 10.2. The van der Waals surface area contributed by atoms with Gasteiger partial charge in [0.1, 0.15) is 0 Å². The molecule has 0 aromatic carbocycles. The topological polar surface area (TPSA) is 38.2 Å². The van der Waals surface area contributed by atoms with Gasteiger partial charge in [-0.1, -0.05) is 17.7 Å². The molecule has 1 rings (SSSR count). The molecule has 0 aromatic heterocycles. The van der Waals surface area contributed by atoms with Crippen LogP contribution in [0, 0.1) is 0 Å². The van der Waals surface area contributed by atoms with E-state index >= 15 is 0 Å². The van der Waals surface area contributed by atoms with Crippen molar-refractivity contribution in [3.05, 3.63) is 36.2 Å². The molecule has 68 valence electrons. The predicted molar refractivity (Wildman–Crippen MR) is 54.0 cm³/mol. The number of rotatable bonds is 1. The molecule has 0 spiro atoms. The maximum Gasteiger partial charge on any atom is 0.0485 e. The van der Waals surface area contributed by atoms with E-state index in [-0.39, 0.29) is 6.15 Å². The van der Waals surface area contributed by atoms with Gasteiger partial charge in [-0.2, -0.15) is 0 Å². The molecule has 0 bridgehead atoms. The van der Waals surface area contributed by atoms with Crippen LogP contribution in [0.2, 0.25) is 0 Å². The molecule has 1 aliphatic heterocycles. The smallest absolute Gasteiger partial charge is 0.0485 e. The van der Waals surface area contributed by atoms with E-state index in [0.29, 0.717) is 6.04 Å². The Labute approximate surface area is 74.8 Å². The van der Waals surface area contributed by atoms with E-state index in [1.165, 1.54) is 5.57 Å². The van der Waals surface area contributed by atoms with Crippen molar-refractivity contribution < 1.29 is 0 Å². The van der Waals surface area contributed by atoms with Gasteiger partial charge in [-0.15, -0.1) is 0 Å². The fourth-order valence-electron chi connectivity index (χ4n) is 1.07. The SMILES string of the molecule is CC(C)=CN1C=CC=CC1C.N. The molecule has 0 aliphatic carbocycles. The summed E-state index contributed by atoms with van der Waals surface area (Å²) in [6, 6.07) is 0.495. The van der Waals surface area contributed by atoms with Crippen molar-refractivity contribution in [2.75, 3.05) is 0 Å². The van der Waals surface area contributed by atoms with Crippen molar-refractivity contribution in [3.8, 4) is 0 Å². The Balaban J connectivity index is 0.00000121. The van der Waals surface area contributed by atoms with E-state index < -0.39 is 0 Å². The summed E-state index contributed by atoms with van der Waals surface area (Å²) in [6.07, 6.45) is 10.6. The molecule has 3 N–H and O–H groups in total. The molecule has 0 fully saturated rings. The van der Waals surface area contributed by atoms with Crippen LogP contribution in [0.4, 0.5) is 0 Å². The van der Waals surface area contributed by atoms with E-state index in [1.807, 2.05) is 0 Å². The molecule has 0 aromatic rings. The van der Waals surface area contributed by atoms with E-state index in [4.69, 9.17) is 0 Å². The molecule has 1 unspecified atom stereocenters. The third kappa shape index (κ3) is 2.93. The molecule has 2 nitrogen and oxygen atoms in total. The zero-order valence-electron chi connectivity index (χ0n) is 8.12. The highest BCUT2D eigenvalue weighted by Crippen LogP contribution is 2.09. The summed E-state index contributed by atoms with van der Waals surface area (Å²) in [6.45, 7) is 6.40. The van der Waals surface area contributed by atoms with Gasteiger partial charge < -0.3 is 11.1 Å². The van der Waals surface area contributed by atoms with Crippen LogP contribution in [0.15, 0.2) is 36.2 Å². The molecule has 0 saturated heterocycles. The van der Waals surface area contributed by atoms with Gasteiger partial charge in [-0.3, -0.25) is 0 Å². The highest BCUT2D eigenvalue weighted by Gasteiger charge is 2.04. The quantitative estimate of drug-likeness (QED) is 0.650. The third-order valence-corrected chi connectivity index (χ3v) is 1.64. The molecule has 12 heavy (non-hydrogen) atoms. The van der Waals surface area contributed by atoms with E-state index in [2.05, 4.69) is 56.3 Å². The fraction of sp³-hybridized carbons (Fsp3) is 0.400. The zero-order valence-corrected chi connectivity index (χ0v) is 8.12.